The fourth-order valence-electron chi connectivity index (χ4n) is 3.22. The van der Waals surface area contributed by atoms with E-state index in [4.69, 9.17) is 0 Å². The van der Waals surface area contributed by atoms with E-state index in [-0.39, 0.29) is 0 Å². The van der Waals surface area contributed by atoms with E-state index in [0.717, 1.165) is 19.0 Å². The van der Waals surface area contributed by atoms with Crippen molar-refractivity contribution in [3.05, 3.63) is 34.9 Å². The Hall–Kier alpha value is -0.860. The van der Waals surface area contributed by atoms with Gasteiger partial charge in [0.1, 0.15) is 0 Å². The fraction of sp³-hybridized carbons (Fsp3) is 0.625. The molecule has 1 aliphatic carbocycles. The molecule has 1 aromatic rings. The van der Waals surface area contributed by atoms with Gasteiger partial charge in [-0.3, -0.25) is 4.90 Å². The Balaban J connectivity index is 1.90. The molecule has 0 amide bonds. The Bertz CT molecular complexity index is 417. The molecule has 1 saturated heterocycles. The van der Waals surface area contributed by atoms with E-state index < -0.39 is 0 Å². The van der Waals surface area contributed by atoms with Crippen molar-refractivity contribution in [2.24, 2.45) is 5.92 Å². The van der Waals surface area contributed by atoms with Crippen LogP contribution < -0.4 is 5.32 Å². The summed E-state index contributed by atoms with van der Waals surface area (Å²) in [7, 11) is 0. The molecule has 0 bridgehead atoms. The van der Waals surface area contributed by atoms with Crippen molar-refractivity contribution in [2.75, 3.05) is 26.2 Å². The van der Waals surface area contributed by atoms with Crippen molar-refractivity contribution in [3.63, 3.8) is 0 Å². The van der Waals surface area contributed by atoms with E-state index in [0.29, 0.717) is 6.04 Å². The van der Waals surface area contributed by atoms with E-state index in [9.17, 15) is 0 Å². The van der Waals surface area contributed by atoms with Gasteiger partial charge in [-0.15, -0.1) is 0 Å². The maximum absolute atomic E-state index is 3.46. The van der Waals surface area contributed by atoms with Crippen LogP contribution in [0, 0.1) is 19.8 Å². The maximum Gasteiger partial charge on any atom is 0.0380 e. The smallest absolute Gasteiger partial charge is 0.0380 e. The first-order valence-corrected chi connectivity index (χ1v) is 7.28. The molecule has 98 valence electrons. The monoisotopic (exact) mass is 244 g/mol. The van der Waals surface area contributed by atoms with Crippen molar-refractivity contribution in [1.29, 1.82) is 0 Å². The molecule has 2 nitrogen and oxygen atoms in total. The van der Waals surface area contributed by atoms with E-state index >= 15 is 0 Å². The van der Waals surface area contributed by atoms with Crippen LogP contribution >= 0.6 is 0 Å². The minimum atomic E-state index is 0.673. The van der Waals surface area contributed by atoms with Crippen LogP contribution in [-0.4, -0.2) is 31.1 Å². The van der Waals surface area contributed by atoms with Crippen LogP contribution in [-0.2, 0) is 0 Å². The summed E-state index contributed by atoms with van der Waals surface area (Å²) in [5.41, 5.74) is 4.53. The second-order valence-corrected chi connectivity index (χ2v) is 5.86. The SMILES string of the molecule is Cc1cccc([C@@H](C2CC2)N2CCNCC2)c1C. The van der Waals surface area contributed by atoms with E-state index in [1.54, 1.807) is 5.56 Å². The van der Waals surface area contributed by atoms with Gasteiger partial charge in [-0.2, -0.15) is 0 Å². The summed E-state index contributed by atoms with van der Waals surface area (Å²) in [6.45, 7) is 9.23. The zero-order chi connectivity index (χ0) is 12.5. The molecule has 0 radical (unpaired) electrons. The van der Waals surface area contributed by atoms with Gasteiger partial charge in [-0.25, -0.2) is 0 Å². The molecule has 0 aromatic heterocycles. The molecule has 1 aliphatic heterocycles. The van der Waals surface area contributed by atoms with Crippen LogP contribution in [0.3, 0.4) is 0 Å². The number of nitrogens with one attached hydrogen (secondary N) is 1. The molecule has 1 aromatic carbocycles. The van der Waals surface area contributed by atoms with Gasteiger partial charge in [0.05, 0.1) is 0 Å². The molecule has 3 rings (SSSR count). The Morgan fingerprint density at radius 3 is 2.56 bits per heavy atom. The molecule has 2 aliphatic rings. The van der Waals surface area contributed by atoms with Gasteiger partial charge >= 0.3 is 0 Å². The van der Waals surface area contributed by atoms with E-state index in [1.165, 1.54) is 37.1 Å². The number of rotatable bonds is 3. The topological polar surface area (TPSA) is 15.3 Å². The molecule has 1 saturated carbocycles. The van der Waals surface area contributed by atoms with Crippen LogP contribution in [0.2, 0.25) is 0 Å². The first-order valence-electron chi connectivity index (χ1n) is 7.28. The second kappa shape index (κ2) is 5.02. The van der Waals surface area contributed by atoms with Crippen molar-refractivity contribution in [3.8, 4) is 0 Å². The lowest BCUT2D eigenvalue weighted by Crippen LogP contribution is -2.45. The molecule has 2 heteroatoms. The van der Waals surface area contributed by atoms with Crippen molar-refractivity contribution in [2.45, 2.75) is 32.7 Å². The summed E-state index contributed by atoms with van der Waals surface area (Å²) < 4.78 is 0. The number of nitrogens with zero attached hydrogens (tertiary/aromatic N) is 1. The standard InChI is InChI=1S/C16H24N2/c1-12-4-3-5-15(13(12)2)16(14-6-7-14)18-10-8-17-9-11-18/h3-5,14,16-17H,6-11H2,1-2H3/t16-/m1/s1. The van der Waals surface area contributed by atoms with E-state index in [2.05, 4.69) is 42.3 Å². The zero-order valence-corrected chi connectivity index (χ0v) is 11.6. The highest BCUT2D eigenvalue weighted by atomic mass is 15.2. The molecule has 1 N–H and O–H groups in total. The maximum atomic E-state index is 3.46. The predicted molar refractivity (Wildman–Crippen MR) is 75.8 cm³/mol. The van der Waals surface area contributed by atoms with Gasteiger partial charge in [0.15, 0.2) is 0 Å². The largest absolute Gasteiger partial charge is 0.314 e. The molecule has 1 atom stereocenters. The number of hydrogen-bond acceptors (Lipinski definition) is 2. The first-order chi connectivity index (χ1) is 8.77. The van der Waals surface area contributed by atoms with Gasteiger partial charge in [-0.1, -0.05) is 18.2 Å². The number of piperazine rings is 1. The van der Waals surface area contributed by atoms with Gasteiger partial charge in [-0.05, 0) is 49.3 Å². The molecule has 0 spiro atoms. The number of benzene rings is 1. The minimum absolute atomic E-state index is 0.673. The predicted octanol–water partition coefficient (Wildman–Crippen LogP) is 2.66. The number of aryl methyl sites for hydroxylation is 1. The van der Waals surface area contributed by atoms with Crippen molar-refractivity contribution in [1.82, 2.24) is 10.2 Å². The average Bonchev–Trinajstić information content (AvgIpc) is 3.21. The van der Waals surface area contributed by atoms with Crippen LogP contribution in [0.1, 0.15) is 35.6 Å². The third kappa shape index (κ3) is 2.32. The Morgan fingerprint density at radius 2 is 1.89 bits per heavy atom. The molecular formula is C16H24N2. The zero-order valence-electron chi connectivity index (χ0n) is 11.6. The van der Waals surface area contributed by atoms with Gasteiger partial charge in [0, 0.05) is 32.2 Å². The van der Waals surface area contributed by atoms with Gasteiger partial charge in [0.25, 0.3) is 0 Å². The van der Waals surface area contributed by atoms with E-state index in [1.807, 2.05) is 0 Å². The fourth-order valence-corrected chi connectivity index (χ4v) is 3.22. The summed E-state index contributed by atoms with van der Waals surface area (Å²) in [6.07, 6.45) is 2.84. The lowest BCUT2D eigenvalue weighted by molar-refractivity contribution is 0.155. The highest BCUT2D eigenvalue weighted by molar-refractivity contribution is 5.36. The Labute approximate surface area is 110 Å². The Morgan fingerprint density at radius 1 is 1.17 bits per heavy atom. The molecular weight excluding hydrogens is 220 g/mol. The average molecular weight is 244 g/mol. The molecule has 1 heterocycles. The van der Waals surface area contributed by atoms with Gasteiger partial charge < -0.3 is 5.32 Å². The van der Waals surface area contributed by atoms with Crippen LogP contribution in [0.4, 0.5) is 0 Å². The lowest BCUT2D eigenvalue weighted by atomic mass is 9.93. The summed E-state index contributed by atoms with van der Waals surface area (Å²) >= 11 is 0. The lowest BCUT2D eigenvalue weighted by Gasteiger charge is -2.36. The summed E-state index contributed by atoms with van der Waals surface area (Å²) in [6, 6.07) is 7.50. The second-order valence-electron chi connectivity index (χ2n) is 5.86. The first kappa shape index (κ1) is 12.2. The summed E-state index contributed by atoms with van der Waals surface area (Å²) in [4.78, 5) is 2.70. The van der Waals surface area contributed by atoms with Crippen LogP contribution in [0.15, 0.2) is 18.2 Å². The van der Waals surface area contributed by atoms with Crippen LogP contribution in [0.25, 0.3) is 0 Å². The third-order valence-corrected chi connectivity index (χ3v) is 4.58. The third-order valence-electron chi connectivity index (χ3n) is 4.58. The Kier molecular flexibility index (Phi) is 3.40. The van der Waals surface area contributed by atoms with Crippen LogP contribution in [0.5, 0.6) is 0 Å². The summed E-state index contributed by atoms with van der Waals surface area (Å²) in [5.74, 6) is 0.906. The minimum Gasteiger partial charge on any atom is -0.314 e. The molecule has 18 heavy (non-hydrogen) atoms. The quantitative estimate of drug-likeness (QED) is 0.879. The molecule has 0 unspecified atom stereocenters. The number of hydrogen-bond donors (Lipinski definition) is 1. The van der Waals surface area contributed by atoms with Crippen molar-refractivity contribution < 1.29 is 0 Å². The van der Waals surface area contributed by atoms with Crippen molar-refractivity contribution >= 4 is 0 Å². The summed E-state index contributed by atoms with van der Waals surface area (Å²) in [5, 5.41) is 3.46. The highest BCUT2D eigenvalue weighted by Crippen LogP contribution is 2.45. The normalized spacial score (nSPS) is 23.0. The molecule has 2 fully saturated rings. The van der Waals surface area contributed by atoms with Gasteiger partial charge in [0.2, 0.25) is 0 Å². The highest BCUT2D eigenvalue weighted by Gasteiger charge is 2.37.